The van der Waals surface area contributed by atoms with Crippen molar-refractivity contribution in [1.82, 2.24) is 9.80 Å². The van der Waals surface area contributed by atoms with Gasteiger partial charge in [0.05, 0.1) is 0 Å². The number of anilines is 1. The average Bonchev–Trinajstić information content (AvgIpc) is 3.00. The van der Waals surface area contributed by atoms with Crippen molar-refractivity contribution in [3.05, 3.63) is 29.8 Å². The fourth-order valence-corrected chi connectivity index (χ4v) is 3.56. The van der Waals surface area contributed by atoms with Gasteiger partial charge in [-0.15, -0.1) is 0 Å². The molecule has 0 radical (unpaired) electrons. The molecule has 2 amide bonds. The minimum Gasteiger partial charge on any atom is -0.338 e. The molecule has 1 atom stereocenters. The van der Waals surface area contributed by atoms with E-state index in [0.717, 1.165) is 44.0 Å². The lowest BCUT2D eigenvalue weighted by molar-refractivity contribution is -0.135. The molecule has 23 heavy (non-hydrogen) atoms. The first-order valence-corrected chi connectivity index (χ1v) is 8.56. The number of fused-ring (bicyclic) bond motifs is 1. The molecule has 0 saturated carbocycles. The Kier molecular flexibility index (Phi) is 4.66. The number of rotatable bonds is 3. The Hall–Kier alpha value is -1.88. The first kappa shape index (κ1) is 16.0. The van der Waals surface area contributed by atoms with Crippen molar-refractivity contribution in [3.63, 3.8) is 0 Å². The Labute approximate surface area is 137 Å². The van der Waals surface area contributed by atoms with Gasteiger partial charge in [-0.25, -0.2) is 0 Å². The first-order valence-electron chi connectivity index (χ1n) is 8.56. The Morgan fingerprint density at radius 1 is 1.09 bits per heavy atom. The molecule has 0 spiro atoms. The number of amides is 2. The first-order chi connectivity index (χ1) is 11.2. The van der Waals surface area contributed by atoms with E-state index in [1.165, 1.54) is 0 Å². The molecule has 1 saturated heterocycles. The third-order valence-electron chi connectivity index (χ3n) is 4.96. The number of para-hydroxylation sites is 1. The zero-order chi connectivity index (χ0) is 16.4. The smallest absolute Gasteiger partial charge is 0.246 e. The number of carbonyl (C=O) groups is 2. The van der Waals surface area contributed by atoms with Gasteiger partial charge in [0.15, 0.2) is 0 Å². The number of nitrogens with zero attached hydrogens (tertiary/aromatic N) is 3. The van der Waals surface area contributed by atoms with Crippen LogP contribution in [0.3, 0.4) is 0 Å². The predicted octanol–water partition coefficient (Wildman–Crippen LogP) is 1.52. The maximum absolute atomic E-state index is 13.0. The predicted molar refractivity (Wildman–Crippen MR) is 90.4 cm³/mol. The lowest BCUT2D eigenvalue weighted by atomic mass is 10.1. The fraction of sp³-hybridized carbons (Fsp3) is 0.556. The summed E-state index contributed by atoms with van der Waals surface area (Å²) in [6.07, 6.45) is 1.05. The summed E-state index contributed by atoms with van der Waals surface area (Å²) in [4.78, 5) is 31.4. The van der Waals surface area contributed by atoms with Gasteiger partial charge in [-0.2, -0.15) is 0 Å². The molecule has 1 aromatic rings. The van der Waals surface area contributed by atoms with Gasteiger partial charge < -0.3 is 9.80 Å². The van der Waals surface area contributed by atoms with Crippen LogP contribution < -0.4 is 4.90 Å². The highest BCUT2D eigenvalue weighted by molar-refractivity contribution is 6.03. The number of piperazine rings is 1. The Morgan fingerprint density at radius 2 is 1.78 bits per heavy atom. The van der Waals surface area contributed by atoms with E-state index < -0.39 is 0 Å². The fourth-order valence-electron chi connectivity index (χ4n) is 3.56. The largest absolute Gasteiger partial charge is 0.338 e. The van der Waals surface area contributed by atoms with Crippen molar-refractivity contribution in [2.75, 3.05) is 37.6 Å². The van der Waals surface area contributed by atoms with E-state index in [1.807, 2.05) is 36.1 Å². The van der Waals surface area contributed by atoms with E-state index >= 15 is 0 Å². The summed E-state index contributed by atoms with van der Waals surface area (Å²) < 4.78 is 0. The summed E-state index contributed by atoms with van der Waals surface area (Å²) in [6, 6.07) is 7.51. The number of carbonyl (C=O) groups excluding carboxylic acids is 2. The van der Waals surface area contributed by atoms with Crippen LogP contribution in [0.1, 0.15) is 25.8 Å². The maximum atomic E-state index is 13.0. The average molecular weight is 315 g/mol. The van der Waals surface area contributed by atoms with Crippen molar-refractivity contribution in [1.29, 1.82) is 0 Å². The normalized spacial score (nSPS) is 21.4. The third kappa shape index (κ3) is 2.98. The van der Waals surface area contributed by atoms with Crippen LogP contribution in [0, 0.1) is 0 Å². The molecule has 124 valence electrons. The standard InChI is InChI=1S/C18H25N3O2/c1-3-17(22)21-15-8-6-5-7-14(15)13-16(21)18(23)20-11-9-19(4-2)10-12-20/h5-8,16H,3-4,9-13H2,1-2H3/t16-/m0/s1. The molecule has 0 unspecified atom stereocenters. The molecule has 0 N–H and O–H groups in total. The summed E-state index contributed by atoms with van der Waals surface area (Å²) in [5, 5.41) is 0. The second-order valence-corrected chi connectivity index (χ2v) is 6.23. The van der Waals surface area contributed by atoms with E-state index in [9.17, 15) is 9.59 Å². The number of hydrogen-bond donors (Lipinski definition) is 0. The molecule has 2 heterocycles. The van der Waals surface area contributed by atoms with Crippen LogP contribution in [0.2, 0.25) is 0 Å². The topological polar surface area (TPSA) is 43.9 Å². The highest BCUT2D eigenvalue weighted by Crippen LogP contribution is 2.33. The van der Waals surface area contributed by atoms with E-state index in [2.05, 4.69) is 11.8 Å². The molecule has 0 aromatic heterocycles. The van der Waals surface area contributed by atoms with Gasteiger partial charge in [0.1, 0.15) is 6.04 Å². The Balaban J connectivity index is 1.79. The monoisotopic (exact) mass is 315 g/mol. The van der Waals surface area contributed by atoms with Crippen molar-refractivity contribution >= 4 is 17.5 Å². The van der Waals surface area contributed by atoms with E-state index in [-0.39, 0.29) is 17.9 Å². The second-order valence-electron chi connectivity index (χ2n) is 6.23. The highest BCUT2D eigenvalue weighted by atomic mass is 16.2. The van der Waals surface area contributed by atoms with Gasteiger partial charge in [-0.1, -0.05) is 32.0 Å². The van der Waals surface area contributed by atoms with Crippen molar-refractivity contribution < 1.29 is 9.59 Å². The lowest BCUT2D eigenvalue weighted by Crippen LogP contribution is -2.55. The molecule has 5 nitrogen and oxygen atoms in total. The summed E-state index contributed by atoms with van der Waals surface area (Å²) >= 11 is 0. The zero-order valence-electron chi connectivity index (χ0n) is 14.0. The van der Waals surface area contributed by atoms with Crippen LogP contribution in [0.15, 0.2) is 24.3 Å². The molecular weight excluding hydrogens is 290 g/mol. The third-order valence-corrected chi connectivity index (χ3v) is 4.96. The minimum absolute atomic E-state index is 0.0282. The number of hydrogen-bond acceptors (Lipinski definition) is 3. The molecule has 0 bridgehead atoms. The van der Waals surface area contributed by atoms with Gasteiger partial charge in [0.25, 0.3) is 0 Å². The molecule has 0 aliphatic carbocycles. The van der Waals surface area contributed by atoms with Crippen molar-refractivity contribution in [2.24, 2.45) is 0 Å². The minimum atomic E-state index is -0.368. The zero-order valence-corrected chi connectivity index (χ0v) is 14.0. The van der Waals surface area contributed by atoms with Crippen molar-refractivity contribution in [2.45, 2.75) is 32.7 Å². The van der Waals surface area contributed by atoms with Crippen LogP contribution in [0.4, 0.5) is 5.69 Å². The van der Waals surface area contributed by atoms with E-state index in [4.69, 9.17) is 0 Å². The highest BCUT2D eigenvalue weighted by Gasteiger charge is 2.39. The van der Waals surface area contributed by atoms with Gasteiger partial charge >= 0.3 is 0 Å². The summed E-state index contributed by atoms with van der Waals surface area (Å²) in [5.41, 5.74) is 2.00. The van der Waals surface area contributed by atoms with Crippen LogP contribution >= 0.6 is 0 Å². The summed E-state index contributed by atoms with van der Waals surface area (Å²) in [5.74, 6) is 0.124. The molecular formula is C18H25N3O2. The quantitative estimate of drug-likeness (QED) is 0.849. The molecule has 3 rings (SSSR count). The summed E-state index contributed by atoms with van der Waals surface area (Å²) in [6.45, 7) is 8.38. The van der Waals surface area contributed by atoms with Crippen LogP contribution in [0.25, 0.3) is 0 Å². The molecule has 1 fully saturated rings. The van der Waals surface area contributed by atoms with Gasteiger partial charge in [-0.3, -0.25) is 14.5 Å². The molecule has 1 aromatic carbocycles. The molecule has 5 heteroatoms. The van der Waals surface area contributed by atoms with Crippen molar-refractivity contribution in [3.8, 4) is 0 Å². The van der Waals surface area contributed by atoms with Gasteiger partial charge in [-0.05, 0) is 18.2 Å². The van der Waals surface area contributed by atoms with Crippen LogP contribution in [0.5, 0.6) is 0 Å². The van der Waals surface area contributed by atoms with E-state index in [0.29, 0.717) is 12.8 Å². The van der Waals surface area contributed by atoms with Gasteiger partial charge in [0.2, 0.25) is 11.8 Å². The number of likely N-dealkylation sites (N-methyl/N-ethyl adjacent to an activating group) is 1. The lowest BCUT2D eigenvalue weighted by Gasteiger charge is -2.37. The van der Waals surface area contributed by atoms with E-state index in [1.54, 1.807) is 4.90 Å². The van der Waals surface area contributed by atoms with Crippen LogP contribution in [-0.4, -0.2) is 60.4 Å². The molecule has 2 aliphatic rings. The Morgan fingerprint density at radius 3 is 2.43 bits per heavy atom. The SMILES string of the molecule is CCC(=O)N1c2ccccc2C[C@H]1C(=O)N1CCN(CC)CC1. The molecule has 2 aliphatic heterocycles. The maximum Gasteiger partial charge on any atom is 0.246 e. The second kappa shape index (κ2) is 6.71. The number of benzene rings is 1. The van der Waals surface area contributed by atoms with Crippen LogP contribution in [-0.2, 0) is 16.0 Å². The Bertz CT molecular complexity index is 594. The van der Waals surface area contributed by atoms with Gasteiger partial charge in [0, 0.05) is 44.7 Å². The summed E-state index contributed by atoms with van der Waals surface area (Å²) in [7, 11) is 0.